The number of anilines is 1. The quantitative estimate of drug-likeness (QED) is 0.833. The number of rotatable bonds is 3. The lowest BCUT2D eigenvalue weighted by Gasteiger charge is -2.15. The predicted molar refractivity (Wildman–Crippen MR) is 62.5 cm³/mol. The standard InChI is InChI=1S/C10H13Cl2N3/c11-8-3-1-2-7(8)4-14-10-9(12)5-13-6-15-10/h5-8H,1-4H2,(H,13,14,15). The van der Waals surface area contributed by atoms with Gasteiger partial charge in [-0.1, -0.05) is 18.0 Å². The molecule has 1 heterocycles. The maximum absolute atomic E-state index is 6.18. The van der Waals surface area contributed by atoms with Crippen LogP contribution < -0.4 is 5.32 Å². The summed E-state index contributed by atoms with van der Waals surface area (Å²) in [6.45, 7) is 0.838. The van der Waals surface area contributed by atoms with Crippen molar-refractivity contribution in [3.05, 3.63) is 17.5 Å². The fourth-order valence-electron chi connectivity index (χ4n) is 1.89. The first-order valence-corrected chi connectivity index (χ1v) is 5.92. The molecular weight excluding hydrogens is 233 g/mol. The Morgan fingerprint density at radius 1 is 1.47 bits per heavy atom. The Morgan fingerprint density at radius 3 is 3.00 bits per heavy atom. The lowest BCUT2D eigenvalue weighted by Crippen LogP contribution is -2.19. The van der Waals surface area contributed by atoms with Crippen molar-refractivity contribution < 1.29 is 0 Å². The van der Waals surface area contributed by atoms with Crippen LogP contribution in [0.4, 0.5) is 5.82 Å². The van der Waals surface area contributed by atoms with E-state index in [2.05, 4.69) is 15.3 Å². The van der Waals surface area contributed by atoms with Crippen molar-refractivity contribution in [1.82, 2.24) is 9.97 Å². The van der Waals surface area contributed by atoms with Crippen molar-refractivity contribution in [2.75, 3.05) is 11.9 Å². The lowest BCUT2D eigenvalue weighted by molar-refractivity contribution is 0.585. The second kappa shape index (κ2) is 4.99. The van der Waals surface area contributed by atoms with Gasteiger partial charge in [0.15, 0.2) is 0 Å². The van der Waals surface area contributed by atoms with Crippen molar-refractivity contribution in [3.63, 3.8) is 0 Å². The largest absolute Gasteiger partial charge is 0.368 e. The van der Waals surface area contributed by atoms with Crippen molar-refractivity contribution in [2.24, 2.45) is 5.92 Å². The molecular formula is C10H13Cl2N3. The van der Waals surface area contributed by atoms with Gasteiger partial charge in [0, 0.05) is 11.9 Å². The predicted octanol–water partition coefficient (Wildman–Crippen LogP) is 2.95. The highest BCUT2D eigenvalue weighted by atomic mass is 35.5. The molecule has 82 valence electrons. The highest BCUT2D eigenvalue weighted by molar-refractivity contribution is 6.32. The molecule has 0 spiro atoms. The van der Waals surface area contributed by atoms with Gasteiger partial charge in [-0.05, 0) is 18.8 Å². The van der Waals surface area contributed by atoms with Gasteiger partial charge in [-0.25, -0.2) is 9.97 Å². The summed E-state index contributed by atoms with van der Waals surface area (Å²) in [7, 11) is 0. The van der Waals surface area contributed by atoms with E-state index in [-0.39, 0.29) is 5.38 Å². The van der Waals surface area contributed by atoms with Crippen LogP contribution in [0.15, 0.2) is 12.5 Å². The molecule has 1 aliphatic rings. The molecule has 0 aliphatic heterocycles. The summed E-state index contributed by atoms with van der Waals surface area (Å²) < 4.78 is 0. The molecule has 2 atom stereocenters. The van der Waals surface area contributed by atoms with Crippen LogP contribution >= 0.6 is 23.2 Å². The molecule has 0 saturated heterocycles. The van der Waals surface area contributed by atoms with Crippen molar-refractivity contribution in [1.29, 1.82) is 0 Å². The Hall–Kier alpha value is -0.540. The smallest absolute Gasteiger partial charge is 0.148 e. The van der Waals surface area contributed by atoms with Gasteiger partial charge >= 0.3 is 0 Å². The van der Waals surface area contributed by atoms with Crippen molar-refractivity contribution >= 4 is 29.0 Å². The zero-order valence-corrected chi connectivity index (χ0v) is 9.80. The molecule has 1 aliphatic carbocycles. The number of hydrogen-bond donors (Lipinski definition) is 1. The van der Waals surface area contributed by atoms with E-state index in [0.717, 1.165) is 13.0 Å². The minimum absolute atomic E-state index is 0.290. The van der Waals surface area contributed by atoms with Crippen LogP contribution in [-0.4, -0.2) is 21.9 Å². The molecule has 0 radical (unpaired) electrons. The molecule has 1 aromatic rings. The average Bonchev–Trinajstić information content (AvgIpc) is 2.63. The fourth-order valence-corrected chi connectivity index (χ4v) is 2.43. The molecule has 1 saturated carbocycles. The van der Waals surface area contributed by atoms with E-state index >= 15 is 0 Å². The zero-order valence-electron chi connectivity index (χ0n) is 8.29. The van der Waals surface area contributed by atoms with Gasteiger partial charge in [0.25, 0.3) is 0 Å². The third-order valence-corrected chi connectivity index (χ3v) is 3.62. The van der Waals surface area contributed by atoms with Gasteiger partial charge in [0.1, 0.15) is 17.2 Å². The molecule has 3 nitrogen and oxygen atoms in total. The second-order valence-electron chi connectivity index (χ2n) is 3.81. The van der Waals surface area contributed by atoms with Gasteiger partial charge in [0.2, 0.25) is 0 Å². The van der Waals surface area contributed by atoms with Gasteiger partial charge in [-0.15, -0.1) is 11.6 Å². The Labute approximate surface area is 99.2 Å². The van der Waals surface area contributed by atoms with E-state index in [4.69, 9.17) is 23.2 Å². The Balaban J connectivity index is 1.90. The molecule has 0 aromatic carbocycles. The summed E-state index contributed by atoms with van der Waals surface area (Å²) in [5, 5.41) is 4.06. The highest BCUT2D eigenvalue weighted by Crippen LogP contribution is 2.30. The third kappa shape index (κ3) is 2.73. The molecule has 0 bridgehead atoms. The van der Waals surface area contributed by atoms with Crippen molar-refractivity contribution in [3.8, 4) is 0 Å². The molecule has 15 heavy (non-hydrogen) atoms. The lowest BCUT2D eigenvalue weighted by atomic mass is 10.1. The minimum Gasteiger partial charge on any atom is -0.368 e. The normalized spacial score (nSPS) is 25.5. The number of aromatic nitrogens is 2. The molecule has 2 unspecified atom stereocenters. The number of alkyl halides is 1. The van der Waals surface area contributed by atoms with Gasteiger partial charge in [-0.2, -0.15) is 0 Å². The summed E-state index contributed by atoms with van der Waals surface area (Å²) in [5.41, 5.74) is 0. The molecule has 1 fully saturated rings. The van der Waals surface area contributed by atoms with Crippen LogP contribution in [0.1, 0.15) is 19.3 Å². The minimum atomic E-state index is 0.290. The zero-order chi connectivity index (χ0) is 10.7. The van der Waals surface area contributed by atoms with Crippen LogP contribution in [-0.2, 0) is 0 Å². The average molecular weight is 246 g/mol. The summed E-state index contributed by atoms with van der Waals surface area (Å²) in [6, 6.07) is 0. The number of halogens is 2. The van der Waals surface area contributed by atoms with Crippen LogP contribution in [0.2, 0.25) is 5.02 Å². The first-order chi connectivity index (χ1) is 7.27. The van der Waals surface area contributed by atoms with E-state index in [0.29, 0.717) is 16.8 Å². The fraction of sp³-hybridized carbons (Fsp3) is 0.600. The maximum Gasteiger partial charge on any atom is 0.148 e. The van der Waals surface area contributed by atoms with E-state index in [1.807, 2.05) is 0 Å². The van der Waals surface area contributed by atoms with Crippen LogP contribution in [0.3, 0.4) is 0 Å². The Bertz CT molecular complexity index is 332. The first kappa shape index (κ1) is 11.0. The summed E-state index contributed by atoms with van der Waals surface area (Å²) >= 11 is 12.1. The summed E-state index contributed by atoms with van der Waals surface area (Å²) in [4.78, 5) is 7.90. The SMILES string of the molecule is Clc1cncnc1NCC1CCCC1Cl. The number of hydrogen-bond acceptors (Lipinski definition) is 3. The monoisotopic (exact) mass is 245 g/mol. The van der Waals surface area contributed by atoms with Gasteiger partial charge in [0.05, 0.1) is 6.20 Å². The van der Waals surface area contributed by atoms with Gasteiger partial charge in [-0.3, -0.25) is 0 Å². The Morgan fingerprint density at radius 2 is 2.33 bits per heavy atom. The van der Waals surface area contributed by atoms with Gasteiger partial charge < -0.3 is 5.32 Å². The summed E-state index contributed by atoms with van der Waals surface area (Å²) in [6.07, 6.45) is 6.60. The van der Waals surface area contributed by atoms with E-state index in [9.17, 15) is 0 Å². The number of nitrogens with zero attached hydrogens (tertiary/aromatic N) is 2. The molecule has 1 N–H and O–H groups in total. The molecule has 0 amide bonds. The Kier molecular flexibility index (Phi) is 3.65. The van der Waals surface area contributed by atoms with Crippen LogP contribution in [0.5, 0.6) is 0 Å². The number of nitrogens with one attached hydrogen (secondary N) is 1. The summed E-state index contributed by atoms with van der Waals surface area (Å²) in [5.74, 6) is 1.22. The van der Waals surface area contributed by atoms with E-state index in [1.165, 1.54) is 19.2 Å². The maximum atomic E-state index is 6.18. The third-order valence-electron chi connectivity index (χ3n) is 2.77. The highest BCUT2D eigenvalue weighted by Gasteiger charge is 2.25. The topological polar surface area (TPSA) is 37.8 Å². The van der Waals surface area contributed by atoms with Crippen LogP contribution in [0, 0.1) is 5.92 Å². The van der Waals surface area contributed by atoms with E-state index in [1.54, 1.807) is 6.20 Å². The van der Waals surface area contributed by atoms with Crippen LogP contribution in [0.25, 0.3) is 0 Å². The van der Waals surface area contributed by atoms with E-state index < -0.39 is 0 Å². The second-order valence-corrected chi connectivity index (χ2v) is 4.77. The molecule has 1 aromatic heterocycles. The first-order valence-electron chi connectivity index (χ1n) is 5.11. The molecule has 5 heteroatoms. The van der Waals surface area contributed by atoms with Crippen molar-refractivity contribution in [2.45, 2.75) is 24.6 Å². The molecule has 2 rings (SSSR count).